The predicted octanol–water partition coefficient (Wildman–Crippen LogP) is 2.69. The van der Waals surface area contributed by atoms with Crippen LogP contribution >= 0.6 is 11.8 Å². The number of nitrogens with one attached hydrogen (secondary N) is 1. The second-order valence-electron chi connectivity index (χ2n) is 5.18. The van der Waals surface area contributed by atoms with Gasteiger partial charge < -0.3 is 14.3 Å². The Bertz CT molecular complexity index is 824. The Kier molecular flexibility index (Phi) is 4.78. The summed E-state index contributed by atoms with van der Waals surface area (Å²) in [7, 11) is 1.65. The number of carbonyl (C=O) groups excluding carboxylic acids is 1. The third-order valence-corrected chi connectivity index (χ3v) is 4.60. The average molecular weight is 330 g/mol. The fourth-order valence-corrected chi connectivity index (χ4v) is 3.35. The van der Waals surface area contributed by atoms with Gasteiger partial charge in [0, 0.05) is 35.8 Å². The number of nitrogens with zero attached hydrogens (tertiary/aromatic N) is 3. The summed E-state index contributed by atoms with van der Waals surface area (Å²) in [4.78, 5) is 15.9. The lowest BCUT2D eigenvalue weighted by Crippen LogP contribution is -2.07. The van der Waals surface area contributed by atoms with Crippen LogP contribution in [0.5, 0.6) is 0 Å². The number of aromatic amines is 1. The zero-order valence-electron chi connectivity index (χ0n) is 13.1. The zero-order valence-corrected chi connectivity index (χ0v) is 13.9. The highest BCUT2D eigenvalue weighted by atomic mass is 32.2. The highest BCUT2D eigenvalue weighted by Crippen LogP contribution is 2.25. The van der Waals surface area contributed by atoms with Gasteiger partial charge in [0.1, 0.15) is 6.33 Å². The second-order valence-corrected chi connectivity index (χ2v) is 6.12. The molecule has 0 saturated carbocycles. The Hall–Kier alpha value is -2.12. The maximum absolute atomic E-state index is 12.6. The van der Waals surface area contributed by atoms with E-state index >= 15 is 0 Å². The summed E-state index contributed by atoms with van der Waals surface area (Å²) in [6.45, 7) is 3.19. The van der Waals surface area contributed by atoms with E-state index in [0.29, 0.717) is 18.9 Å². The monoisotopic (exact) mass is 330 g/mol. The molecule has 120 valence electrons. The van der Waals surface area contributed by atoms with E-state index in [9.17, 15) is 4.79 Å². The number of Topliss-reactive ketones (excluding diaryl/α,β-unsaturated/α-hetero) is 1. The highest BCUT2D eigenvalue weighted by molar-refractivity contribution is 7.99. The van der Waals surface area contributed by atoms with Crippen LogP contribution in [0.3, 0.4) is 0 Å². The van der Waals surface area contributed by atoms with E-state index < -0.39 is 0 Å². The number of thioether (sulfide) groups is 1. The van der Waals surface area contributed by atoms with Crippen LogP contribution in [0.2, 0.25) is 0 Å². The smallest absolute Gasteiger partial charge is 0.191 e. The lowest BCUT2D eigenvalue weighted by atomic mass is 10.1. The first-order chi connectivity index (χ1) is 11.2. The number of benzene rings is 1. The van der Waals surface area contributed by atoms with Gasteiger partial charge in [0.25, 0.3) is 0 Å². The first kappa shape index (κ1) is 15.8. The molecule has 0 spiro atoms. The van der Waals surface area contributed by atoms with Crippen LogP contribution in [0, 0.1) is 6.92 Å². The number of hydrogen-bond acceptors (Lipinski definition) is 5. The number of ether oxygens (including phenoxy) is 1. The molecule has 2 aromatic heterocycles. The molecule has 3 aromatic rings. The Balaban J connectivity index is 1.74. The second kappa shape index (κ2) is 6.97. The van der Waals surface area contributed by atoms with Gasteiger partial charge >= 0.3 is 0 Å². The van der Waals surface area contributed by atoms with E-state index in [0.717, 1.165) is 27.3 Å². The number of carbonyl (C=O) groups is 1. The lowest BCUT2D eigenvalue weighted by molar-refractivity contribution is 0.102. The van der Waals surface area contributed by atoms with Crippen molar-refractivity contribution in [3.05, 3.63) is 41.9 Å². The molecule has 1 N–H and O–H groups in total. The average Bonchev–Trinajstić information content (AvgIpc) is 3.13. The van der Waals surface area contributed by atoms with Crippen LogP contribution in [-0.4, -0.2) is 45.0 Å². The van der Waals surface area contributed by atoms with Crippen LogP contribution in [0.1, 0.15) is 16.1 Å². The largest absolute Gasteiger partial charge is 0.383 e. The normalized spacial score (nSPS) is 11.2. The van der Waals surface area contributed by atoms with Gasteiger partial charge in [-0.25, -0.2) is 0 Å². The van der Waals surface area contributed by atoms with Crippen molar-refractivity contribution in [1.29, 1.82) is 0 Å². The van der Waals surface area contributed by atoms with E-state index in [1.807, 2.05) is 35.8 Å². The van der Waals surface area contributed by atoms with Crippen LogP contribution in [0.25, 0.3) is 10.9 Å². The Labute approximate surface area is 138 Å². The molecule has 2 heterocycles. The van der Waals surface area contributed by atoms with Crippen molar-refractivity contribution < 1.29 is 9.53 Å². The van der Waals surface area contributed by atoms with Crippen molar-refractivity contribution in [3.63, 3.8) is 0 Å². The summed E-state index contributed by atoms with van der Waals surface area (Å²) in [6.07, 6.45) is 1.66. The summed E-state index contributed by atoms with van der Waals surface area (Å²) >= 11 is 1.40. The molecular formula is C16H18N4O2S. The van der Waals surface area contributed by atoms with Crippen LogP contribution in [0.15, 0.2) is 35.7 Å². The zero-order chi connectivity index (χ0) is 16.2. The molecule has 0 aliphatic rings. The van der Waals surface area contributed by atoms with Gasteiger partial charge in [-0.05, 0) is 13.0 Å². The van der Waals surface area contributed by atoms with Gasteiger partial charge in [0.05, 0.1) is 12.4 Å². The molecule has 0 radical (unpaired) electrons. The number of fused-ring (bicyclic) bond motifs is 1. The Morgan fingerprint density at radius 2 is 2.22 bits per heavy atom. The minimum atomic E-state index is 0.0891. The maximum Gasteiger partial charge on any atom is 0.191 e. The third kappa shape index (κ3) is 3.30. The summed E-state index contributed by atoms with van der Waals surface area (Å²) in [6, 6.07) is 7.85. The van der Waals surface area contributed by atoms with Crippen molar-refractivity contribution >= 4 is 28.4 Å². The summed E-state index contributed by atoms with van der Waals surface area (Å²) in [5.74, 6) is 0.417. The van der Waals surface area contributed by atoms with Crippen LogP contribution < -0.4 is 0 Å². The number of aryl methyl sites for hydroxylation is 1. The number of H-pyrrole nitrogens is 1. The molecule has 3 rings (SSSR count). The molecule has 0 saturated heterocycles. The highest BCUT2D eigenvalue weighted by Gasteiger charge is 2.17. The molecular weight excluding hydrogens is 312 g/mol. The minimum Gasteiger partial charge on any atom is -0.383 e. The number of ketones is 1. The molecule has 0 bridgehead atoms. The first-order valence-electron chi connectivity index (χ1n) is 7.30. The molecule has 6 nitrogen and oxygen atoms in total. The van der Waals surface area contributed by atoms with Gasteiger partial charge in [-0.1, -0.05) is 30.0 Å². The van der Waals surface area contributed by atoms with Crippen molar-refractivity contribution in [3.8, 4) is 0 Å². The Morgan fingerprint density at radius 1 is 1.39 bits per heavy atom. The topological polar surface area (TPSA) is 72.8 Å². The van der Waals surface area contributed by atoms with E-state index in [-0.39, 0.29) is 5.78 Å². The van der Waals surface area contributed by atoms with Gasteiger partial charge in [-0.3, -0.25) is 4.79 Å². The van der Waals surface area contributed by atoms with Gasteiger partial charge in [0.15, 0.2) is 10.9 Å². The predicted molar refractivity (Wildman–Crippen MR) is 90.0 cm³/mol. The molecule has 23 heavy (non-hydrogen) atoms. The van der Waals surface area contributed by atoms with E-state index in [2.05, 4.69) is 15.2 Å². The summed E-state index contributed by atoms with van der Waals surface area (Å²) in [5.41, 5.74) is 2.65. The number of rotatable bonds is 7. The van der Waals surface area contributed by atoms with Crippen LogP contribution in [0.4, 0.5) is 0 Å². The van der Waals surface area contributed by atoms with Gasteiger partial charge in [0.2, 0.25) is 0 Å². The first-order valence-corrected chi connectivity index (χ1v) is 8.29. The molecule has 0 atom stereocenters. The molecule has 0 unspecified atom stereocenters. The molecule has 7 heteroatoms. The summed E-state index contributed by atoms with van der Waals surface area (Å²) < 4.78 is 6.95. The number of hydrogen-bond donors (Lipinski definition) is 1. The maximum atomic E-state index is 12.6. The molecule has 0 aliphatic heterocycles. The fourth-order valence-electron chi connectivity index (χ4n) is 2.54. The minimum absolute atomic E-state index is 0.0891. The number of methoxy groups -OCH3 is 1. The fraction of sp³-hybridized carbons (Fsp3) is 0.312. The van der Waals surface area contributed by atoms with Gasteiger partial charge in [-0.15, -0.1) is 10.2 Å². The van der Waals surface area contributed by atoms with Crippen LogP contribution in [-0.2, 0) is 11.3 Å². The van der Waals surface area contributed by atoms with E-state index in [1.54, 1.807) is 13.4 Å². The molecule has 0 fully saturated rings. The summed E-state index contributed by atoms with van der Waals surface area (Å²) in [5, 5.41) is 9.67. The number of para-hydroxylation sites is 1. The third-order valence-electron chi connectivity index (χ3n) is 3.62. The molecule has 1 aromatic carbocycles. The Morgan fingerprint density at radius 3 is 3.04 bits per heavy atom. The molecule has 0 aliphatic carbocycles. The van der Waals surface area contributed by atoms with Crippen molar-refractivity contribution in [1.82, 2.24) is 19.7 Å². The quantitative estimate of drug-likeness (QED) is 0.532. The lowest BCUT2D eigenvalue weighted by Gasteiger charge is -2.05. The van der Waals surface area contributed by atoms with E-state index in [1.165, 1.54) is 11.8 Å². The SMILES string of the molecule is COCCn1cnnc1SCC(=O)c1c(C)[nH]c2ccccc12. The van der Waals surface area contributed by atoms with E-state index in [4.69, 9.17) is 4.74 Å². The van der Waals surface area contributed by atoms with Gasteiger partial charge in [-0.2, -0.15) is 0 Å². The van der Waals surface area contributed by atoms with Crippen molar-refractivity contribution in [2.75, 3.05) is 19.5 Å². The van der Waals surface area contributed by atoms with Crippen molar-refractivity contribution in [2.45, 2.75) is 18.6 Å². The number of aromatic nitrogens is 4. The standard InChI is InChI=1S/C16H18N4O2S/c1-11-15(12-5-3-4-6-13(12)18-11)14(21)9-23-16-19-17-10-20(16)7-8-22-2/h3-6,10,18H,7-9H2,1-2H3. The molecule has 0 amide bonds. The van der Waals surface area contributed by atoms with Crippen molar-refractivity contribution in [2.24, 2.45) is 0 Å².